The molecule has 1 heterocycles. The Labute approximate surface area is 196 Å². The van der Waals surface area contributed by atoms with Gasteiger partial charge < -0.3 is 16.4 Å². The third-order valence-electron chi connectivity index (χ3n) is 5.99. The number of hydrogen-bond acceptors (Lipinski definition) is 5. The molecule has 7 nitrogen and oxygen atoms in total. The first kappa shape index (κ1) is 21.8. The van der Waals surface area contributed by atoms with Crippen LogP contribution in [0.1, 0.15) is 39.5 Å². The molecule has 1 aliphatic carbocycles. The lowest BCUT2D eigenvalue weighted by molar-refractivity contribution is 0.102. The minimum absolute atomic E-state index is 0.208. The summed E-state index contributed by atoms with van der Waals surface area (Å²) in [6, 6.07) is 21.6. The van der Waals surface area contributed by atoms with E-state index in [1.54, 1.807) is 28.9 Å². The van der Waals surface area contributed by atoms with Crippen LogP contribution in [0, 0.1) is 5.82 Å². The Hall–Kier alpha value is -4.04. The summed E-state index contributed by atoms with van der Waals surface area (Å²) in [6.45, 7) is 1.19. The van der Waals surface area contributed by atoms with Crippen LogP contribution < -0.4 is 16.4 Å². The predicted octanol–water partition coefficient (Wildman–Crippen LogP) is 3.95. The highest BCUT2D eigenvalue weighted by Crippen LogP contribution is 2.40. The molecule has 0 unspecified atom stereocenters. The third kappa shape index (κ3) is 5.13. The second kappa shape index (κ2) is 9.44. The summed E-state index contributed by atoms with van der Waals surface area (Å²) >= 11 is 0. The molecule has 3 aromatic carbocycles. The number of aromatic nitrogens is 3. The van der Waals surface area contributed by atoms with Gasteiger partial charge in [0.25, 0.3) is 5.91 Å². The molecule has 4 aromatic rings. The number of carbonyl (C=O) groups is 1. The molecule has 5 rings (SSSR count). The number of nitrogens with two attached hydrogens (primary N) is 1. The maximum atomic E-state index is 13.1. The van der Waals surface area contributed by atoms with Gasteiger partial charge in [-0.25, -0.2) is 9.07 Å². The van der Waals surface area contributed by atoms with Crippen LogP contribution in [0.5, 0.6) is 0 Å². The first-order valence-corrected chi connectivity index (χ1v) is 11.2. The minimum Gasteiger partial charge on any atom is -0.397 e. The Morgan fingerprint density at radius 2 is 1.82 bits per heavy atom. The smallest absolute Gasteiger partial charge is 0.255 e. The number of benzene rings is 3. The molecule has 34 heavy (non-hydrogen) atoms. The number of amides is 1. The van der Waals surface area contributed by atoms with Crippen LogP contribution in [0.3, 0.4) is 0 Å². The number of para-hydroxylation sites is 2. The normalized spacial score (nSPS) is 16.9. The standard InChI is InChI=1S/C26H25FN6O/c27-20-11-9-18(10-12-20)22-13-25(22)29-14-21-16-33(32-31-21)15-17-5-7-19(8-6-17)26(34)30-24-4-2-1-3-23(24)28/h1-12,16,22,25,29H,13-15,28H2,(H,30,34)/t22-,25+/m0/s1. The molecule has 0 spiro atoms. The van der Waals surface area contributed by atoms with Gasteiger partial charge in [0.2, 0.25) is 0 Å². The van der Waals surface area contributed by atoms with Crippen molar-refractivity contribution in [3.8, 4) is 0 Å². The first-order chi connectivity index (χ1) is 16.5. The minimum atomic E-state index is -0.211. The summed E-state index contributed by atoms with van der Waals surface area (Å²) < 4.78 is 14.9. The van der Waals surface area contributed by atoms with Gasteiger partial charge in [-0.15, -0.1) is 5.10 Å². The van der Waals surface area contributed by atoms with E-state index in [-0.39, 0.29) is 11.7 Å². The summed E-state index contributed by atoms with van der Waals surface area (Å²) in [4.78, 5) is 12.5. The maximum absolute atomic E-state index is 13.1. The van der Waals surface area contributed by atoms with E-state index in [2.05, 4.69) is 20.9 Å². The first-order valence-electron chi connectivity index (χ1n) is 11.2. The van der Waals surface area contributed by atoms with Crippen molar-refractivity contribution in [2.24, 2.45) is 0 Å². The molecule has 8 heteroatoms. The summed E-state index contributed by atoms with van der Waals surface area (Å²) in [6.07, 6.45) is 2.96. The van der Waals surface area contributed by atoms with Crippen molar-refractivity contribution in [3.63, 3.8) is 0 Å². The van der Waals surface area contributed by atoms with Gasteiger partial charge >= 0.3 is 0 Å². The molecule has 1 saturated carbocycles. The van der Waals surface area contributed by atoms with Crippen LogP contribution in [0.2, 0.25) is 0 Å². The number of nitrogen functional groups attached to an aromatic ring is 1. The Morgan fingerprint density at radius 1 is 1.06 bits per heavy atom. The lowest BCUT2D eigenvalue weighted by atomic mass is 10.1. The summed E-state index contributed by atoms with van der Waals surface area (Å²) in [7, 11) is 0. The van der Waals surface area contributed by atoms with Crippen molar-refractivity contribution in [2.75, 3.05) is 11.1 Å². The molecular formula is C26H25FN6O. The Morgan fingerprint density at radius 3 is 2.59 bits per heavy atom. The van der Waals surface area contributed by atoms with Crippen molar-refractivity contribution in [1.29, 1.82) is 0 Å². The Bertz CT molecular complexity index is 1290. The van der Waals surface area contributed by atoms with Gasteiger partial charge in [0, 0.05) is 24.1 Å². The van der Waals surface area contributed by atoms with E-state index in [1.165, 1.54) is 12.1 Å². The zero-order chi connectivity index (χ0) is 23.5. The van der Waals surface area contributed by atoms with Gasteiger partial charge in [0.1, 0.15) is 5.82 Å². The van der Waals surface area contributed by atoms with E-state index in [1.807, 2.05) is 42.6 Å². The van der Waals surface area contributed by atoms with Crippen LogP contribution in [-0.4, -0.2) is 26.9 Å². The van der Waals surface area contributed by atoms with Crippen molar-refractivity contribution in [1.82, 2.24) is 20.3 Å². The van der Waals surface area contributed by atoms with E-state index < -0.39 is 0 Å². The van der Waals surface area contributed by atoms with Crippen molar-refractivity contribution < 1.29 is 9.18 Å². The fourth-order valence-electron chi connectivity index (χ4n) is 3.99. The zero-order valence-corrected chi connectivity index (χ0v) is 18.5. The largest absolute Gasteiger partial charge is 0.397 e. The van der Waals surface area contributed by atoms with Gasteiger partial charge in [-0.3, -0.25) is 4.79 Å². The molecule has 1 aliphatic rings. The molecule has 2 atom stereocenters. The lowest BCUT2D eigenvalue weighted by Gasteiger charge is -2.08. The van der Waals surface area contributed by atoms with Crippen molar-refractivity contribution in [2.45, 2.75) is 31.5 Å². The number of halogens is 1. The number of anilines is 2. The second-order valence-corrected chi connectivity index (χ2v) is 8.53. The molecule has 1 aromatic heterocycles. The Kier molecular flexibility index (Phi) is 6.05. The van der Waals surface area contributed by atoms with E-state index in [0.29, 0.717) is 42.0 Å². The molecule has 0 bridgehead atoms. The van der Waals surface area contributed by atoms with Crippen LogP contribution in [0.25, 0.3) is 0 Å². The number of rotatable bonds is 8. The number of nitrogens with zero attached hydrogens (tertiary/aromatic N) is 3. The van der Waals surface area contributed by atoms with E-state index >= 15 is 0 Å². The fourth-order valence-corrected chi connectivity index (χ4v) is 3.99. The van der Waals surface area contributed by atoms with E-state index in [4.69, 9.17) is 5.73 Å². The second-order valence-electron chi connectivity index (χ2n) is 8.53. The monoisotopic (exact) mass is 456 g/mol. The molecule has 4 N–H and O–H groups in total. The summed E-state index contributed by atoms with van der Waals surface area (Å²) in [5, 5.41) is 14.8. The van der Waals surface area contributed by atoms with Crippen LogP contribution in [0.4, 0.5) is 15.8 Å². The molecule has 172 valence electrons. The summed E-state index contributed by atoms with van der Waals surface area (Å²) in [5.74, 6) is 0.00285. The molecule has 1 fully saturated rings. The number of hydrogen-bond donors (Lipinski definition) is 3. The molecular weight excluding hydrogens is 431 g/mol. The van der Waals surface area contributed by atoms with Crippen LogP contribution in [-0.2, 0) is 13.1 Å². The highest BCUT2D eigenvalue weighted by Gasteiger charge is 2.37. The Balaban J connectivity index is 1.12. The maximum Gasteiger partial charge on any atom is 0.255 e. The quantitative estimate of drug-likeness (QED) is 0.349. The van der Waals surface area contributed by atoms with Crippen LogP contribution in [0.15, 0.2) is 79.0 Å². The van der Waals surface area contributed by atoms with Gasteiger partial charge in [-0.2, -0.15) is 0 Å². The highest BCUT2D eigenvalue weighted by atomic mass is 19.1. The SMILES string of the molecule is Nc1ccccc1NC(=O)c1ccc(Cn2cc(CN[C@@H]3C[C@H]3c3ccc(F)cc3)nn2)cc1. The average molecular weight is 457 g/mol. The molecule has 0 radical (unpaired) electrons. The molecule has 0 saturated heterocycles. The number of carbonyl (C=O) groups excluding carboxylic acids is 1. The van der Waals surface area contributed by atoms with Gasteiger partial charge in [0.15, 0.2) is 0 Å². The topological polar surface area (TPSA) is 97.9 Å². The van der Waals surface area contributed by atoms with Gasteiger partial charge in [0.05, 0.1) is 29.8 Å². The van der Waals surface area contributed by atoms with E-state index in [0.717, 1.165) is 23.2 Å². The number of nitrogens with one attached hydrogen (secondary N) is 2. The zero-order valence-electron chi connectivity index (χ0n) is 18.5. The molecule has 0 aliphatic heterocycles. The van der Waals surface area contributed by atoms with Crippen LogP contribution >= 0.6 is 0 Å². The average Bonchev–Trinajstić information content (AvgIpc) is 3.49. The van der Waals surface area contributed by atoms with Gasteiger partial charge in [-0.05, 0) is 53.9 Å². The third-order valence-corrected chi connectivity index (χ3v) is 5.99. The lowest BCUT2D eigenvalue weighted by Crippen LogP contribution is -2.17. The van der Waals surface area contributed by atoms with Crippen molar-refractivity contribution >= 4 is 17.3 Å². The fraction of sp³-hybridized carbons (Fsp3) is 0.192. The predicted molar refractivity (Wildman–Crippen MR) is 129 cm³/mol. The molecule has 1 amide bonds. The van der Waals surface area contributed by atoms with Gasteiger partial charge in [-0.1, -0.05) is 41.6 Å². The summed E-state index contributed by atoms with van der Waals surface area (Å²) in [5.41, 5.74) is 10.6. The van der Waals surface area contributed by atoms with E-state index in [9.17, 15) is 9.18 Å². The highest BCUT2D eigenvalue weighted by molar-refractivity contribution is 6.05. The van der Waals surface area contributed by atoms with Crippen molar-refractivity contribution in [3.05, 3.63) is 107 Å².